The van der Waals surface area contributed by atoms with Crippen LogP contribution in [0.5, 0.6) is 0 Å². The van der Waals surface area contributed by atoms with Gasteiger partial charge in [-0.15, -0.1) is 0 Å². The van der Waals surface area contributed by atoms with Gasteiger partial charge in [-0.05, 0) is 41.5 Å². The minimum Gasteiger partial charge on any atom is -0.359 e. The van der Waals surface area contributed by atoms with Gasteiger partial charge in [-0.1, -0.05) is 23.7 Å². The molecule has 19 heavy (non-hydrogen) atoms. The fourth-order valence-corrected chi connectivity index (χ4v) is 2.84. The molecule has 0 fully saturated rings. The van der Waals surface area contributed by atoms with Crippen LogP contribution in [-0.4, -0.2) is 6.54 Å². The van der Waals surface area contributed by atoms with E-state index in [4.69, 9.17) is 17.3 Å². The molecule has 0 amide bonds. The number of fused-ring (bicyclic) bond motifs is 1. The number of hydrogen-bond donors (Lipinski definition) is 1. The lowest BCUT2D eigenvalue weighted by atomic mass is 10.1. The molecule has 2 aromatic carbocycles. The Balaban J connectivity index is 2.02. The molecule has 1 aliphatic heterocycles. The van der Waals surface area contributed by atoms with Gasteiger partial charge in [-0.2, -0.15) is 0 Å². The Bertz CT molecular complexity index is 615. The van der Waals surface area contributed by atoms with Crippen LogP contribution in [0.1, 0.15) is 17.2 Å². The van der Waals surface area contributed by atoms with Gasteiger partial charge >= 0.3 is 0 Å². The van der Waals surface area contributed by atoms with Crippen LogP contribution in [0.2, 0.25) is 5.02 Å². The van der Waals surface area contributed by atoms with Gasteiger partial charge < -0.3 is 10.6 Å². The maximum atomic E-state index is 13.4. The second kappa shape index (κ2) is 4.83. The summed E-state index contributed by atoms with van der Waals surface area (Å²) in [6.45, 7) is 1.21. The second-order valence-corrected chi connectivity index (χ2v) is 5.14. The number of rotatable bonds is 2. The smallest absolute Gasteiger partial charge is 0.125 e. The molecule has 0 spiro atoms. The van der Waals surface area contributed by atoms with Crippen molar-refractivity contribution < 1.29 is 4.39 Å². The van der Waals surface area contributed by atoms with E-state index in [0.717, 1.165) is 17.8 Å². The summed E-state index contributed by atoms with van der Waals surface area (Å²) < 4.78 is 13.4. The van der Waals surface area contributed by atoms with Gasteiger partial charge in [0.1, 0.15) is 5.82 Å². The number of hydrogen-bond acceptors (Lipinski definition) is 2. The van der Waals surface area contributed by atoms with Gasteiger partial charge in [0, 0.05) is 23.8 Å². The van der Waals surface area contributed by atoms with Crippen molar-refractivity contribution in [2.24, 2.45) is 5.73 Å². The van der Waals surface area contributed by atoms with Gasteiger partial charge in [0.15, 0.2) is 0 Å². The first kappa shape index (κ1) is 12.5. The topological polar surface area (TPSA) is 29.3 Å². The first-order chi connectivity index (χ1) is 9.19. The quantitative estimate of drug-likeness (QED) is 0.910. The number of nitrogens with zero attached hydrogens (tertiary/aromatic N) is 1. The summed E-state index contributed by atoms with van der Waals surface area (Å²) in [5.41, 5.74) is 9.07. The van der Waals surface area contributed by atoms with E-state index in [-0.39, 0.29) is 11.9 Å². The van der Waals surface area contributed by atoms with E-state index < -0.39 is 0 Å². The van der Waals surface area contributed by atoms with Crippen LogP contribution in [0, 0.1) is 5.82 Å². The van der Waals surface area contributed by atoms with Crippen LogP contribution in [0.15, 0.2) is 42.5 Å². The molecular weight excluding hydrogens is 263 g/mol. The zero-order valence-electron chi connectivity index (χ0n) is 10.3. The summed E-state index contributed by atoms with van der Waals surface area (Å²) in [6, 6.07) is 12.5. The molecule has 98 valence electrons. The molecule has 1 aliphatic rings. The Hall–Kier alpha value is -1.58. The molecule has 1 heterocycles. The normalized spacial score (nSPS) is 17.6. The van der Waals surface area contributed by atoms with Gasteiger partial charge in [0.2, 0.25) is 0 Å². The van der Waals surface area contributed by atoms with Gasteiger partial charge in [-0.25, -0.2) is 4.39 Å². The highest BCUT2D eigenvalue weighted by Gasteiger charge is 2.29. The summed E-state index contributed by atoms with van der Waals surface area (Å²) in [7, 11) is 0. The van der Waals surface area contributed by atoms with Crippen molar-refractivity contribution in [2.45, 2.75) is 12.6 Å². The minimum absolute atomic E-state index is 0.0514. The molecule has 0 radical (unpaired) electrons. The van der Waals surface area contributed by atoms with Crippen molar-refractivity contribution in [3.8, 4) is 0 Å². The highest BCUT2D eigenvalue weighted by Crippen LogP contribution is 2.38. The second-order valence-electron chi connectivity index (χ2n) is 4.70. The lowest BCUT2D eigenvalue weighted by Crippen LogP contribution is -2.27. The fourth-order valence-electron chi connectivity index (χ4n) is 2.66. The van der Waals surface area contributed by atoms with Crippen molar-refractivity contribution in [1.29, 1.82) is 0 Å². The van der Waals surface area contributed by atoms with Crippen LogP contribution >= 0.6 is 11.6 Å². The monoisotopic (exact) mass is 276 g/mol. The minimum atomic E-state index is -0.234. The zero-order chi connectivity index (χ0) is 13.4. The van der Waals surface area contributed by atoms with Gasteiger partial charge in [0.05, 0.1) is 6.04 Å². The van der Waals surface area contributed by atoms with Gasteiger partial charge in [0.25, 0.3) is 0 Å². The van der Waals surface area contributed by atoms with Crippen LogP contribution in [0.25, 0.3) is 0 Å². The highest BCUT2D eigenvalue weighted by atomic mass is 35.5. The van der Waals surface area contributed by atoms with Crippen molar-refractivity contribution in [3.05, 3.63) is 64.4 Å². The Morgan fingerprint density at radius 1 is 1.26 bits per heavy atom. The Kier molecular flexibility index (Phi) is 3.17. The molecular formula is C15H14ClFN2. The summed E-state index contributed by atoms with van der Waals surface area (Å²) in [6.07, 6.45) is 0. The van der Waals surface area contributed by atoms with Gasteiger partial charge in [-0.3, -0.25) is 0 Å². The summed E-state index contributed by atoms with van der Waals surface area (Å²) >= 11 is 6.05. The summed E-state index contributed by atoms with van der Waals surface area (Å²) in [4.78, 5) is 2.12. The van der Waals surface area contributed by atoms with Crippen molar-refractivity contribution in [3.63, 3.8) is 0 Å². The van der Waals surface area contributed by atoms with E-state index in [9.17, 15) is 4.39 Å². The van der Waals surface area contributed by atoms with Crippen LogP contribution < -0.4 is 10.6 Å². The third-order valence-electron chi connectivity index (χ3n) is 3.55. The molecule has 2 N–H and O–H groups in total. The third kappa shape index (κ3) is 2.20. The van der Waals surface area contributed by atoms with Crippen LogP contribution in [0.3, 0.4) is 0 Å². The standard InChI is InChI=1S/C15H14ClFN2/c16-11-5-4-10-9-19(15(8-18)14(10)6-11)13-3-1-2-12(17)7-13/h1-7,15H,8-9,18H2. The van der Waals surface area contributed by atoms with E-state index in [1.807, 2.05) is 24.3 Å². The molecule has 0 bridgehead atoms. The van der Waals surface area contributed by atoms with Crippen molar-refractivity contribution in [1.82, 2.24) is 0 Å². The van der Waals surface area contributed by atoms with Crippen molar-refractivity contribution >= 4 is 17.3 Å². The Morgan fingerprint density at radius 3 is 2.84 bits per heavy atom. The lowest BCUT2D eigenvalue weighted by molar-refractivity contribution is 0.622. The Morgan fingerprint density at radius 2 is 2.11 bits per heavy atom. The van der Waals surface area contributed by atoms with E-state index in [2.05, 4.69) is 4.90 Å². The fraction of sp³-hybridized carbons (Fsp3) is 0.200. The number of halogens is 2. The molecule has 0 aromatic heterocycles. The van der Waals surface area contributed by atoms with Crippen LogP contribution in [0.4, 0.5) is 10.1 Å². The van der Waals surface area contributed by atoms with E-state index in [1.165, 1.54) is 17.7 Å². The first-order valence-electron chi connectivity index (χ1n) is 6.19. The molecule has 4 heteroatoms. The van der Waals surface area contributed by atoms with E-state index in [0.29, 0.717) is 11.6 Å². The van der Waals surface area contributed by atoms with Crippen LogP contribution in [-0.2, 0) is 6.54 Å². The third-order valence-corrected chi connectivity index (χ3v) is 3.78. The van der Waals surface area contributed by atoms with E-state index in [1.54, 1.807) is 6.07 Å². The molecule has 0 saturated carbocycles. The predicted molar refractivity (Wildman–Crippen MR) is 75.8 cm³/mol. The Labute approximate surface area is 116 Å². The molecule has 0 saturated heterocycles. The maximum absolute atomic E-state index is 13.4. The molecule has 1 atom stereocenters. The molecule has 2 nitrogen and oxygen atoms in total. The zero-order valence-corrected chi connectivity index (χ0v) is 11.1. The number of benzene rings is 2. The molecule has 0 aliphatic carbocycles. The van der Waals surface area contributed by atoms with E-state index >= 15 is 0 Å². The SMILES string of the molecule is NCC1c2cc(Cl)ccc2CN1c1cccc(F)c1. The molecule has 3 rings (SSSR count). The van der Waals surface area contributed by atoms with Crippen molar-refractivity contribution in [2.75, 3.05) is 11.4 Å². The summed E-state index contributed by atoms with van der Waals surface area (Å²) in [5, 5.41) is 0.707. The average Bonchev–Trinajstić information content (AvgIpc) is 2.76. The number of nitrogens with two attached hydrogens (primary N) is 1. The predicted octanol–water partition coefficient (Wildman–Crippen LogP) is 3.50. The lowest BCUT2D eigenvalue weighted by Gasteiger charge is -2.26. The number of anilines is 1. The molecule has 1 unspecified atom stereocenters. The largest absolute Gasteiger partial charge is 0.359 e. The average molecular weight is 277 g/mol. The summed E-state index contributed by atoms with van der Waals surface area (Å²) in [5.74, 6) is -0.234. The molecule has 2 aromatic rings. The maximum Gasteiger partial charge on any atom is 0.125 e. The highest BCUT2D eigenvalue weighted by molar-refractivity contribution is 6.30. The first-order valence-corrected chi connectivity index (χ1v) is 6.57.